The smallest absolute Gasteiger partial charge is 0.308 e. The number of hydrogen-bond donors (Lipinski definition) is 2. The van der Waals surface area contributed by atoms with E-state index in [1.54, 1.807) is 18.3 Å². The molecule has 15 nitrogen and oxygen atoms in total. The molecule has 2 amide bonds. The van der Waals surface area contributed by atoms with Crippen LogP contribution in [0.2, 0.25) is 0 Å². The summed E-state index contributed by atoms with van der Waals surface area (Å²) < 4.78 is 39.2. The maximum absolute atomic E-state index is 13.2. The number of anilines is 1. The van der Waals surface area contributed by atoms with E-state index in [2.05, 4.69) is 15.7 Å². The Hall–Kier alpha value is -3.47. The van der Waals surface area contributed by atoms with Crippen molar-refractivity contribution in [2.24, 2.45) is 0 Å². The Balaban J connectivity index is 1.14. The van der Waals surface area contributed by atoms with Crippen LogP contribution < -0.4 is 16.2 Å². The molecule has 262 valence electrons. The van der Waals surface area contributed by atoms with E-state index < -0.39 is 23.1 Å². The van der Waals surface area contributed by atoms with Crippen molar-refractivity contribution in [3.05, 3.63) is 34.7 Å². The molecule has 0 bridgehead atoms. The summed E-state index contributed by atoms with van der Waals surface area (Å²) in [6, 6.07) is 4.56. The number of nitrogens with one attached hydrogen (secondary N) is 2. The van der Waals surface area contributed by atoms with Gasteiger partial charge in [0.05, 0.1) is 97.3 Å². The Bertz CT molecular complexity index is 1330. The summed E-state index contributed by atoms with van der Waals surface area (Å²) in [7, 11) is 0. The molecule has 1 aromatic carbocycles. The quantitative estimate of drug-likeness (QED) is 0.0997. The van der Waals surface area contributed by atoms with E-state index in [0.29, 0.717) is 102 Å². The van der Waals surface area contributed by atoms with Gasteiger partial charge in [-0.25, -0.2) is 4.68 Å². The molecule has 2 heterocycles. The van der Waals surface area contributed by atoms with Crippen LogP contribution in [-0.4, -0.2) is 119 Å². The highest BCUT2D eigenvalue weighted by atomic mass is 16.6. The average Bonchev–Trinajstić information content (AvgIpc) is 3.01. The fourth-order valence-electron chi connectivity index (χ4n) is 4.50. The Morgan fingerprint density at radius 3 is 1.96 bits per heavy atom. The summed E-state index contributed by atoms with van der Waals surface area (Å²) in [4.78, 5) is 48.6. The van der Waals surface area contributed by atoms with Gasteiger partial charge in [0.15, 0.2) is 0 Å². The molecule has 1 aliphatic heterocycles. The highest BCUT2D eigenvalue weighted by Crippen LogP contribution is 2.22. The molecule has 0 saturated carbocycles. The molecule has 1 fully saturated rings. The second kappa shape index (κ2) is 20.7. The van der Waals surface area contributed by atoms with E-state index in [-0.39, 0.29) is 31.1 Å². The molecule has 1 aliphatic rings. The van der Waals surface area contributed by atoms with Gasteiger partial charge in [-0.3, -0.25) is 24.5 Å². The summed E-state index contributed by atoms with van der Waals surface area (Å²) in [6.45, 7) is 10.9. The maximum atomic E-state index is 13.2. The van der Waals surface area contributed by atoms with Crippen LogP contribution in [0, 0.1) is 0 Å². The zero-order valence-corrected chi connectivity index (χ0v) is 27.6. The van der Waals surface area contributed by atoms with Crippen molar-refractivity contribution in [1.82, 2.24) is 15.1 Å². The number of benzene rings is 1. The average molecular weight is 665 g/mol. The SMILES string of the molecule is CC(C)(C)OC(=O)CCOCCOCCOCCOCCOCCOCCNc1cccc2cnn(C3CCC(=O)NC3=O)c(=O)c12. The number of imide groups is 1. The number of amides is 2. The van der Waals surface area contributed by atoms with Crippen molar-refractivity contribution in [2.75, 3.05) is 91.1 Å². The molecule has 1 aromatic heterocycles. The van der Waals surface area contributed by atoms with E-state index in [4.69, 9.17) is 33.2 Å². The summed E-state index contributed by atoms with van der Waals surface area (Å²) in [5, 5.41) is 10.7. The second-order valence-electron chi connectivity index (χ2n) is 11.6. The molecule has 0 radical (unpaired) electrons. The van der Waals surface area contributed by atoms with Gasteiger partial charge in [-0.15, -0.1) is 0 Å². The lowest BCUT2D eigenvalue weighted by molar-refractivity contribution is -0.156. The molecule has 15 heteroatoms. The first-order valence-corrected chi connectivity index (χ1v) is 15.9. The molecule has 3 rings (SSSR count). The third-order valence-corrected chi connectivity index (χ3v) is 6.64. The van der Waals surface area contributed by atoms with Crippen LogP contribution in [0.3, 0.4) is 0 Å². The largest absolute Gasteiger partial charge is 0.460 e. The molecular formula is C32H48N4O11. The van der Waals surface area contributed by atoms with Crippen LogP contribution in [-0.2, 0) is 47.5 Å². The number of piperidine rings is 1. The third kappa shape index (κ3) is 14.5. The Morgan fingerprint density at radius 2 is 1.40 bits per heavy atom. The number of ether oxygens (including phenoxy) is 7. The van der Waals surface area contributed by atoms with Gasteiger partial charge in [-0.2, -0.15) is 5.10 Å². The van der Waals surface area contributed by atoms with Crippen molar-refractivity contribution in [1.29, 1.82) is 0 Å². The first-order valence-electron chi connectivity index (χ1n) is 15.9. The Labute approximate surface area is 274 Å². The fraction of sp³-hybridized carbons (Fsp3) is 0.656. The third-order valence-electron chi connectivity index (χ3n) is 6.64. The topological polar surface area (TPSA) is 175 Å². The van der Waals surface area contributed by atoms with Crippen LogP contribution >= 0.6 is 0 Å². The lowest BCUT2D eigenvalue weighted by Gasteiger charge is -2.22. The normalized spacial score (nSPS) is 15.2. The van der Waals surface area contributed by atoms with E-state index in [0.717, 1.165) is 4.68 Å². The highest BCUT2D eigenvalue weighted by Gasteiger charge is 2.30. The Morgan fingerprint density at radius 1 is 0.851 bits per heavy atom. The van der Waals surface area contributed by atoms with Crippen LogP contribution in [0.5, 0.6) is 0 Å². The van der Waals surface area contributed by atoms with Crippen LogP contribution in [0.15, 0.2) is 29.2 Å². The molecule has 1 saturated heterocycles. The zero-order valence-electron chi connectivity index (χ0n) is 27.6. The minimum Gasteiger partial charge on any atom is -0.460 e. The number of esters is 1. The predicted octanol–water partition coefficient (Wildman–Crippen LogP) is 1.62. The molecule has 2 aromatic rings. The van der Waals surface area contributed by atoms with E-state index in [1.807, 2.05) is 26.8 Å². The van der Waals surface area contributed by atoms with Crippen molar-refractivity contribution < 1.29 is 47.5 Å². The monoisotopic (exact) mass is 664 g/mol. The lowest BCUT2D eigenvalue weighted by Crippen LogP contribution is -2.45. The van der Waals surface area contributed by atoms with Crippen molar-refractivity contribution in [2.45, 2.75) is 51.7 Å². The first-order chi connectivity index (χ1) is 22.7. The number of fused-ring (bicyclic) bond motifs is 1. The fourth-order valence-corrected chi connectivity index (χ4v) is 4.50. The molecule has 1 atom stereocenters. The van der Waals surface area contributed by atoms with Crippen molar-refractivity contribution in [3.63, 3.8) is 0 Å². The van der Waals surface area contributed by atoms with Gasteiger partial charge in [-0.1, -0.05) is 12.1 Å². The number of nitrogens with zero attached hydrogens (tertiary/aromatic N) is 2. The molecular weight excluding hydrogens is 616 g/mol. The van der Waals surface area contributed by atoms with Crippen LogP contribution in [0.4, 0.5) is 5.69 Å². The predicted molar refractivity (Wildman–Crippen MR) is 171 cm³/mol. The molecule has 1 unspecified atom stereocenters. The van der Waals surface area contributed by atoms with Gasteiger partial charge in [0.25, 0.3) is 11.5 Å². The maximum Gasteiger partial charge on any atom is 0.308 e. The van der Waals surface area contributed by atoms with Gasteiger partial charge in [-0.05, 0) is 33.3 Å². The summed E-state index contributed by atoms with van der Waals surface area (Å²) >= 11 is 0. The van der Waals surface area contributed by atoms with E-state index in [1.165, 1.54) is 0 Å². The number of carbonyl (C=O) groups is 3. The summed E-state index contributed by atoms with van der Waals surface area (Å²) in [6.07, 6.45) is 2.15. The number of rotatable bonds is 23. The Kier molecular flexibility index (Phi) is 16.7. The number of carbonyl (C=O) groups excluding carboxylic acids is 3. The lowest BCUT2D eigenvalue weighted by atomic mass is 10.1. The molecule has 2 N–H and O–H groups in total. The minimum absolute atomic E-state index is 0.156. The van der Waals surface area contributed by atoms with Gasteiger partial charge >= 0.3 is 5.97 Å². The molecule has 0 spiro atoms. The van der Waals surface area contributed by atoms with Gasteiger partial charge in [0.1, 0.15) is 11.6 Å². The second-order valence-corrected chi connectivity index (χ2v) is 11.6. The van der Waals surface area contributed by atoms with Crippen LogP contribution in [0.25, 0.3) is 10.8 Å². The van der Waals surface area contributed by atoms with Crippen molar-refractivity contribution >= 4 is 34.2 Å². The van der Waals surface area contributed by atoms with Gasteiger partial charge in [0, 0.05) is 24.0 Å². The number of aromatic nitrogens is 2. The first kappa shape index (κ1) is 38.0. The van der Waals surface area contributed by atoms with Crippen molar-refractivity contribution in [3.8, 4) is 0 Å². The minimum atomic E-state index is -0.826. The number of hydrogen-bond acceptors (Lipinski definition) is 13. The standard InChI is InChI=1S/C32H48N4O11/c1-32(2,3)47-28(38)9-11-41-13-15-43-17-19-45-21-22-46-20-18-44-16-14-42-12-10-33-25-6-4-5-24-23-34-36(31(40)29(24)25)26-7-8-27(37)35-30(26)39/h4-6,23,26,33H,7-22H2,1-3H3,(H,35,37,39). The molecule has 0 aliphatic carbocycles. The summed E-state index contributed by atoms with van der Waals surface area (Å²) in [5.41, 5.74) is -0.273. The highest BCUT2D eigenvalue weighted by molar-refractivity contribution is 5.99. The molecule has 47 heavy (non-hydrogen) atoms. The summed E-state index contributed by atoms with van der Waals surface area (Å²) in [5.74, 6) is -1.15. The van der Waals surface area contributed by atoms with Gasteiger partial charge in [0.2, 0.25) is 5.91 Å². The van der Waals surface area contributed by atoms with E-state index in [9.17, 15) is 19.2 Å². The van der Waals surface area contributed by atoms with Gasteiger partial charge < -0.3 is 38.5 Å². The van der Waals surface area contributed by atoms with E-state index >= 15 is 0 Å². The zero-order chi connectivity index (χ0) is 33.9. The van der Waals surface area contributed by atoms with Crippen LogP contribution in [0.1, 0.15) is 46.1 Å².